The highest BCUT2D eigenvalue weighted by Gasteiger charge is 2.76. The normalized spacial score (nSPS) is 28.6. The van der Waals surface area contributed by atoms with E-state index in [0.29, 0.717) is 5.75 Å². The summed E-state index contributed by atoms with van der Waals surface area (Å²) in [6.07, 6.45) is 0. The van der Waals surface area contributed by atoms with Crippen molar-refractivity contribution in [3.63, 3.8) is 0 Å². The van der Waals surface area contributed by atoms with Crippen molar-refractivity contribution in [3.8, 4) is 5.75 Å². The fourth-order valence-corrected chi connectivity index (χ4v) is 1.86. The molecule has 2 rings (SSSR count). The molecule has 1 aliphatic rings. The fourth-order valence-electron chi connectivity index (χ4n) is 1.18. The summed E-state index contributed by atoms with van der Waals surface area (Å²) < 4.78 is 43.5. The van der Waals surface area contributed by atoms with E-state index in [1.54, 1.807) is 0 Å². The van der Waals surface area contributed by atoms with E-state index in [2.05, 4.69) is 0 Å². The summed E-state index contributed by atoms with van der Waals surface area (Å²) >= 11 is 0.0218. The number of halogens is 3. The van der Waals surface area contributed by atoms with Gasteiger partial charge in [0.2, 0.25) is 0 Å². The van der Waals surface area contributed by atoms with Crippen LogP contribution in [0.25, 0.3) is 0 Å². The Kier molecular flexibility index (Phi) is 1.96. The number of benzene rings is 1. The zero-order valence-corrected chi connectivity index (χ0v) is 8.08. The molecule has 0 aromatic heterocycles. The Hall–Kier alpha value is -0.840. The third-order valence-corrected chi connectivity index (χ3v) is 3.17. The minimum Gasteiger partial charge on any atom is -0.497 e. The van der Waals surface area contributed by atoms with Crippen LogP contribution < -0.4 is 4.74 Å². The predicted octanol–water partition coefficient (Wildman–Crippen LogP) is 3.16. The second-order valence-corrected chi connectivity index (χ2v) is 4.22. The molecule has 1 unspecified atom stereocenters. The molecule has 1 aromatic carbocycles. The van der Waals surface area contributed by atoms with Gasteiger partial charge in [0.1, 0.15) is 5.75 Å². The van der Waals surface area contributed by atoms with Crippen LogP contribution >= 0.6 is 11.8 Å². The quantitative estimate of drug-likeness (QED) is 0.708. The maximum Gasteiger partial charge on any atom is 0.344 e. The molecule has 0 N–H and O–H groups in total. The third-order valence-electron chi connectivity index (χ3n) is 2.06. The molecule has 1 atom stereocenters. The van der Waals surface area contributed by atoms with Crippen molar-refractivity contribution < 1.29 is 17.9 Å². The Morgan fingerprint density at radius 2 is 1.64 bits per heavy atom. The molecule has 1 nitrogen and oxygen atoms in total. The average Bonchev–Trinajstić information content (AvgIpc) is 2.68. The van der Waals surface area contributed by atoms with Crippen LogP contribution in [0.15, 0.2) is 24.3 Å². The van der Waals surface area contributed by atoms with Crippen LogP contribution in [-0.4, -0.2) is 12.4 Å². The van der Waals surface area contributed by atoms with Crippen LogP contribution in [0.3, 0.4) is 0 Å². The Bertz CT molecular complexity index is 352. The van der Waals surface area contributed by atoms with Gasteiger partial charge in [-0.3, -0.25) is 0 Å². The number of rotatable bonds is 2. The van der Waals surface area contributed by atoms with Gasteiger partial charge in [-0.1, -0.05) is 12.1 Å². The summed E-state index contributed by atoms with van der Waals surface area (Å²) in [5.41, 5.74) is -0.0201. The van der Waals surface area contributed by atoms with E-state index in [4.69, 9.17) is 4.74 Å². The highest BCUT2D eigenvalue weighted by Crippen LogP contribution is 2.73. The molecule has 0 radical (unpaired) electrons. The molecule has 5 heteroatoms. The number of hydrogen-bond donors (Lipinski definition) is 0. The van der Waals surface area contributed by atoms with E-state index in [9.17, 15) is 13.2 Å². The van der Waals surface area contributed by atoms with Gasteiger partial charge in [0, 0.05) is 5.56 Å². The number of ether oxygens (including phenoxy) is 1. The maximum atomic E-state index is 13.4. The standard InChI is InChI=1S/C9H7F3OS/c1-13-7-4-2-6(3-5-7)8(10)9(11,12)14-8/h2-5H,1H3. The third kappa shape index (κ3) is 1.27. The first-order chi connectivity index (χ1) is 6.49. The first-order valence-electron chi connectivity index (χ1n) is 3.91. The largest absolute Gasteiger partial charge is 0.497 e. The van der Waals surface area contributed by atoms with Crippen LogP contribution in [0.4, 0.5) is 13.2 Å². The van der Waals surface area contributed by atoms with Crippen molar-refractivity contribution in [2.75, 3.05) is 7.11 Å². The molecule has 1 aromatic rings. The van der Waals surface area contributed by atoms with Gasteiger partial charge in [-0.25, -0.2) is 4.39 Å². The lowest BCUT2D eigenvalue weighted by molar-refractivity contribution is 0.0471. The summed E-state index contributed by atoms with van der Waals surface area (Å²) in [4.78, 5) is 0. The zero-order chi connectivity index (χ0) is 10.4. The summed E-state index contributed by atoms with van der Waals surface area (Å²) in [5.74, 6) is 0.520. The molecule has 0 bridgehead atoms. The summed E-state index contributed by atoms with van der Waals surface area (Å²) in [7, 11) is 1.46. The number of hydrogen-bond acceptors (Lipinski definition) is 2. The number of methoxy groups -OCH3 is 1. The second kappa shape index (κ2) is 2.82. The van der Waals surface area contributed by atoms with Crippen LogP contribution in [0.2, 0.25) is 0 Å². The Morgan fingerprint density at radius 1 is 1.14 bits per heavy atom. The second-order valence-electron chi connectivity index (χ2n) is 2.94. The molecule has 1 aliphatic heterocycles. The van der Waals surface area contributed by atoms with Gasteiger partial charge in [-0.05, 0) is 23.9 Å². The Morgan fingerprint density at radius 3 is 2.00 bits per heavy atom. The zero-order valence-electron chi connectivity index (χ0n) is 7.26. The lowest BCUT2D eigenvalue weighted by Crippen LogP contribution is -2.09. The van der Waals surface area contributed by atoms with Crippen molar-refractivity contribution in [2.24, 2.45) is 0 Å². The van der Waals surface area contributed by atoms with Crippen LogP contribution in [0.1, 0.15) is 5.56 Å². The van der Waals surface area contributed by atoms with Gasteiger partial charge in [-0.15, -0.1) is 0 Å². The molecule has 76 valence electrons. The van der Waals surface area contributed by atoms with Crippen LogP contribution in [0, 0.1) is 0 Å². The molecule has 0 aliphatic carbocycles. The maximum absolute atomic E-state index is 13.4. The fraction of sp³-hybridized carbons (Fsp3) is 0.333. The van der Waals surface area contributed by atoms with Crippen molar-refractivity contribution in [2.45, 2.75) is 10.3 Å². The van der Waals surface area contributed by atoms with Crippen molar-refractivity contribution >= 4 is 11.8 Å². The molecule has 0 spiro atoms. The van der Waals surface area contributed by atoms with Gasteiger partial charge in [-0.2, -0.15) is 8.78 Å². The predicted molar refractivity (Wildman–Crippen MR) is 48.3 cm³/mol. The van der Waals surface area contributed by atoms with Crippen molar-refractivity contribution in [1.82, 2.24) is 0 Å². The van der Waals surface area contributed by atoms with Gasteiger partial charge < -0.3 is 4.74 Å². The van der Waals surface area contributed by atoms with Crippen molar-refractivity contribution in [3.05, 3.63) is 29.8 Å². The SMILES string of the molecule is COc1ccc(C2(F)SC2(F)F)cc1. The molecule has 0 amide bonds. The number of thioether (sulfide) groups is 1. The van der Waals surface area contributed by atoms with E-state index in [0.717, 1.165) is 0 Å². The molecule has 14 heavy (non-hydrogen) atoms. The van der Waals surface area contributed by atoms with Gasteiger partial charge in [0.05, 0.1) is 7.11 Å². The molecule has 1 saturated heterocycles. The Balaban J connectivity index is 2.27. The number of alkyl halides is 3. The first-order valence-corrected chi connectivity index (χ1v) is 4.73. The van der Waals surface area contributed by atoms with Crippen LogP contribution in [-0.2, 0) is 5.00 Å². The minimum absolute atomic E-state index is 0.0201. The summed E-state index contributed by atoms with van der Waals surface area (Å²) in [5, 5.41) is -5.83. The highest BCUT2D eigenvalue weighted by molar-refractivity contribution is 8.08. The van der Waals surface area contributed by atoms with E-state index >= 15 is 0 Å². The minimum atomic E-state index is -3.29. The highest BCUT2D eigenvalue weighted by atomic mass is 32.2. The van der Waals surface area contributed by atoms with Crippen molar-refractivity contribution in [1.29, 1.82) is 0 Å². The van der Waals surface area contributed by atoms with Crippen LogP contribution in [0.5, 0.6) is 5.75 Å². The summed E-state index contributed by atoms with van der Waals surface area (Å²) in [6, 6.07) is 5.55. The summed E-state index contributed by atoms with van der Waals surface area (Å²) in [6.45, 7) is 0. The molecular formula is C9H7F3OS. The van der Waals surface area contributed by atoms with E-state index in [1.807, 2.05) is 0 Å². The van der Waals surface area contributed by atoms with Gasteiger partial charge >= 0.3 is 5.25 Å². The molecule has 1 fully saturated rings. The molecule has 1 heterocycles. The Labute approximate surface area is 83.3 Å². The first kappa shape index (κ1) is 9.71. The monoisotopic (exact) mass is 220 g/mol. The topological polar surface area (TPSA) is 9.23 Å². The van der Waals surface area contributed by atoms with E-state index in [1.165, 1.54) is 31.4 Å². The van der Waals surface area contributed by atoms with E-state index in [-0.39, 0.29) is 17.3 Å². The average molecular weight is 220 g/mol. The molecule has 0 saturated carbocycles. The lowest BCUT2D eigenvalue weighted by atomic mass is 10.1. The van der Waals surface area contributed by atoms with Gasteiger partial charge in [0.15, 0.2) is 0 Å². The van der Waals surface area contributed by atoms with Gasteiger partial charge in [0.25, 0.3) is 5.00 Å². The lowest BCUT2D eigenvalue weighted by Gasteiger charge is -2.05. The van der Waals surface area contributed by atoms with E-state index < -0.39 is 10.3 Å². The molecular weight excluding hydrogens is 213 g/mol. The smallest absolute Gasteiger partial charge is 0.344 e.